The molecule has 0 aliphatic rings. The molecule has 0 N–H and O–H groups in total. The van der Waals surface area contributed by atoms with Crippen molar-refractivity contribution in [2.45, 2.75) is 11.2 Å². The van der Waals surface area contributed by atoms with Crippen molar-refractivity contribution in [1.29, 1.82) is 0 Å². The van der Waals surface area contributed by atoms with Crippen LogP contribution in [0.3, 0.4) is 0 Å². The van der Waals surface area contributed by atoms with Crippen LogP contribution in [-0.4, -0.2) is 16.9 Å². The fourth-order valence-electron chi connectivity index (χ4n) is 0.176. The maximum absolute atomic E-state index is 9.93. The summed E-state index contributed by atoms with van der Waals surface area (Å²) in [5.74, 6) is -0.264. The summed E-state index contributed by atoms with van der Waals surface area (Å²) in [7, 11) is 0. The molecule has 5 heteroatoms. The first-order valence-electron chi connectivity index (χ1n) is 2.67. The van der Waals surface area contributed by atoms with Crippen LogP contribution in [0.1, 0.15) is 6.92 Å². The summed E-state index contributed by atoms with van der Waals surface area (Å²) >= 11 is 14.4. The Morgan fingerprint density at radius 3 is 2.09 bits per heavy atom. The van der Waals surface area contributed by atoms with E-state index in [9.17, 15) is 4.79 Å². The largest absolute Gasteiger partial charge is 0.462 e. The first kappa shape index (κ1) is 13.7. The predicted molar refractivity (Wildman–Crippen MR) is 48.2 cm³/mol. The van der Waals surface area contributed by atoms with Gasteiger partial charge >= 0.3 is 5.97 Å². The van der Waals surface area contributed by atoms with Crippen LogP contribution in [-0.2, 0) is 9.53 Å². The summed E-state index contributed by atoms with van der Waals surface area (Å²) < 4.78 is 3.68. The van der Waals surface area contributed by atoms with E-state index in [4.69, 9.17) is 34.8 Å². The molecule has 0 radical (unpaired) electrons. The van der Waals surface area contributed by atoms with E-state index < -0.39 is 4.30 Å². The van der Waals surface area contributed by atoms with Crippen LogP contribution in [0.15, 0.2) is 12.7 Å². The summed E-state index contributed by atoms with van der Waals surface area (Å²) in [5.41, 5.74) is 0. The van der Waals surface area contributed by atoms with Crippen molar-refractivity contribution in [3.8, 4) is 0 Å². The van der Waals surface area contributed by atoms with Gasteiger partial charge in [-0.15, -0.1) is 0 Å². The van der Waals surface area contributed by atoms with Gasteiger partial charge in [-0.1, -0.05) is 47.5 Å². The van der Waals surface area contributed by atoms with E-state index in [0.717, 1.165) is 0 Å². The van der Waals surface area contributed by atoms with Crippen LogP contribution >= 0.6 is 34.8 Å². The molecular formula is C6H9Cl3O2. The first-order valence-corrected chi connectivity index (χ1v) is 3.98. The number of hydrogen-bond donors (Lipinski definition) is 0. The predicted octanol–water partition coefficient (Wildman–Crippen LogP) is 2.72. The zero-order chi connectivity index (χ0) is 9.28. The molecule has 0 aromatic heterocycles. The van der Waals surface area contributed by atoms with Crippen molar-refractivity contribution in [1.82, 2.24) is 0 Å². The van der Waals surface area contributed by atoms with Gasteiger partial charge in [0, 0.05) is 6.92 Å². The molecule has 0 fully saturated rings. The fraction of sp³-hybridized carbons (Fsp3) is 0.500. The Hall–Kier alpha value is 0.0800. The van der Waals surface area contributed by atoms with Gasteiger partial charge < -0.3 is 4.74 Å². The van der Waals surface area contributed by atoms with Gasteiger partial charge in [0.25, 0.3) is 0 Å². The molecule has 0 heterocycles. The van der Waals surface area contributed by atoms with Gasteiger partial charge in [-0.3, -0.25) is 4.79 Å². The Morgan fingerprint density at radius 1 is 1.64 bits per heavy atom. The maximum atomic E-state index is 9.93. The molecule has 2 nitrogen and oxygen atoms in total. The third-order valence-electron chi connectivity index (χ3n) is 0.404. The number of ether oxygens (including phenoxy) is 1. The zero-order valence-corrected chi connectivity index (χ0v) is 8.29. The lowest BCUT2D eigenvalue weighted by atomic mass is 10.7. The Bertz CT molecular complexity index is 112. The first-order chi connectivity index (χ1) is 5.00. The molecule has 0 aromatic carbocycles. The highest BCUT2D eigenvalue weighted by Crippen LogP contribution is 2.03. The molecule has 0 rings (SSSR count). The highest BCUT2D eigenvalue weighted by atomic mass is 35.6. The van der Waals surface area contributed by atoms with Crippen LogP contribution in [0.5, 0.6) is 0 Å². The standard InChI is InChI=1S/C5H8O2.CHCl3/c1-3-4-7-5(2)6;2-1(3)4/h3H,1,4H2,2H3;1H. The van der Waals surface area contributed by atoms with Crippen LogP contribution < -0.4 is 0 Å². The fourth-order valence-corrected chi connectivity index (χ4v) is 0.176. The zero-order valence-electron chi connectivity index (χ0n) is 6.02. The third kappa shape index (κ3) is 39.5. The topological polar surface area (TPSA) is 26.3 Å². The minimum Gasteiger partial charge on any atom is -0.462 e. The average Bonchev–Trinajstić information content (AvgIpc) is 1.82. The second-order valence-electron chi connectivity index (χ2n) is 1.34. The van der Waals surface area contributed by atoms with Crippen molar-refractivity contribution < 1.29 is 9.53 Å². The molecule has 0 spiro atoms. The molecule has 0 bridgehead atoms. The molecule has 0 aliphatic heterocycles. The Morgan fingerprint density at radius 2 is 2.00 bits per heavy atom. The van der Waals surface area contributed by atoms with Gasteiger partial charge in [0.05, 0.1) is 0 Å². The van der Waals surface area contributed by atoms with Gasteiger partial charge in [-0.25, -0.2) is 0 Å². The molecular weight excluding hydrogens is 210 g/mol. The van der Waals surface area contributed by atoms with Gasteiger partial charge in [0.15, 0.2) is 4.30 Å². The van der Waals surface area contributed by atoms with Gasteiger partial charge in [0.1, 0.15) is 6.61 Å². The van der Waals surface area contributed by atoms with Crippen LogP contribution in [0.2, 0.25) is 0 Å². The Labute approximate surface area is 81.1 Å². The molecule has 11 heavy (non-hydrogen) atoms. The molecule has 0 aromatic rings. The number of hydrogen-bond acceptors (Lipinski definition) is 2. The lowest BCUT2D eigenvalue weighted by Gasteiger charge is -1.90. The van der Waals surface area contributed by atoms with Crippen molar-refractivity contribution in [2.75, 3.05) is 6.61 Å². The van der Waals surface area contributed by atoms with Crippen LogP contribution in [0, 0.1) is 0 Å². The minimum atomic E-state index is -0.750. The van der Waals surface area contributed by atoms with Crippen molar-refractivity contribution >= 4 is 40.8 Å². The number of esters is 1. The van der Waals surface area contributed by atoms with Gasteiger partial charge in [-0.2, -0.15) is 0 Å². The molecule has 0 atom stereocenters. The van der Waals surface area contributed by atoms with Crippen molar-refractivity contribution in [2.24, 2.45) is 0 Å². The molecule has 66 valence electrons. The quantitative estimate of drug-likeness (QED) is 0.405. The van der Waals surface area contributed by atoms with E-state index in [-0.39, 0.29) is 5.97 Å². The van der Waals surface area contributed by atoms with E-state index in [2.05, 4.69) is 11.3 Å². The van der Waals surface area contributed by atoms with Gasteiger partial charge in [-0.05, 0) is 0 Å². The summed E-state index contributed by atoms with van der Waals surface area (Å²) in [5, 5.41) is 0. The van der Waals surface area contributed by atoms with Crippen LogP contribution in [0.25, 0.3) is 0 Å². The summed E-state index contributed by atoms with van der Waals surface area (Å²) in [6.45, 7) is 5.03. The normalized spacial score (nSPS) is 8.09. The summed E-state index contributed by atoms with van der Waals surface area (Å²) in [4.78, 5) is 9.93. The monoisotopic (exact) mass is 218 g/mol. The van der Waals surface area contributed by atoms with E-state index in [1.165, 1.54) is 13.0 Å². The number of carbonyl (C=O) groups excluding carboxylic acids is 1. The number of rotatable bonds is 2. The second-order valence-corrected chi connectivity index (χ2v) is 3.32. The summed E-state index contributed by atoms with van der Waals surface area (Å²) in [6.07, 6.45) is 1.53. The van der Waals surface area contributed by atoms with E-state index in [0.29, 0.717) is 6.61 Å². The van der Waals surface area contributed by atoms with Crippen molar-refractivity contribution in [3.63, 3.8) is 0 Å². The van der Waals surface area contributed by atoms with Crippen molar-refractivity contribution in [3.05, 3.63) is 12.7 Å². The molecule has 0 saturated heterocycles. The molecule has 0 saturated carbocycles. The lowest BCUT2D eigenvalue weighted by Crippen LogP contribution is -1.96. The number of alkyl halides is 3. The Balaban J connectivity index is 0. The van der Waals surface area contributed by atoms with E-state index >= 15 is 0 Å². The Kier molecular flexibility index (Phi) is 12.5. The third-order valence-corrected chi connectivity index (χ3v) is 0.404. The van der Waals surface area contributed by atoms with E-state index in [1.807, 2.05) is 0 Å². The average molecular weight is 219 g/mol. The summed E-state index contributed by atoms with van der Waals surface area (Å²) in [6, 6.07) is 0. The molecule has 0 amide bonds. The maximum Gasteiger partial charge on any atom is 0.302 e. The van der Waals surface area contributed by atoms with Crippen LogP contribution in [0.4, 0.5) is 0 Å². The number of carbonyl (C=O) groups is 1. The minimum absolute atomic E-state index is 0.264. The van der Waals surface area contributed by atoms with E-state index in [1.54, 1.807) is 0 Å². The van der Waals surface area contributed by atoms with Gasteiger partial charge in [0.2, 0.25) is 0 Å². The highest BCUT2D eigenvalue weighted by Gasteiger charge is 1.83. The SMILES string of the molecule is C=CCOC(C)=O.ClC(Cl)Cl. The molecule has 0 unspecified atom stereocenters. The molecule has 0 aliphatic carbocycles. The number of halogens is 3. The second kappa shape index (κ2) is 10.1. The highest BCUT2D eigenvalue weighted by molar-refractivity contribution is 6.63. The lowest BCUT2D eigenvalue weighted by molar-refractivity contribution is -0.139. The smallest absolute Gasteiger partial charge is 0.302 e.